The molecule has 0 spiro atoms. The van der Waals surface area contributed by atoms with Crippen LogP contribution in [0.4, 0.5) is 0 Å². The molecule has 0 bridgehead atoms. The topological polar surface area (TPSA) is 121 Å². The van der Waals surface area contributed by atoms with Gasteiger partial charge in [0.05, 0.1) is 6.61 Å². The van der Waals surface area contributed by atoms with Crippen LogP contribution in [-0.4, -0.2) is 49.5 Å². The first-order chi connectivity index (χ1) is 11.7. The van der Waals surface area contributed by atoms with Crippen molar-refractivity contribution in [3.05, 3.63) is 40.1 Å². The highest BCUT2D eigenvalue weighted by atomic mass is 35.5. The lowest BCUT2D eigenvalue weighted by Crippen LogP contribution is -2.33. The van der Waals surface area contributed by atoms with E-state index in [0.29, 0.717) is 15.0 Å². The van der Waals surface area contributed by atoms with Gasteiger partial charge in [-0.1, -0.05) is 29.9 Å². The minimum atomic E-state index is -4.72. The average molecular weight is 408 g/mol. The van der Waals surface area contributed by atoms with Gasteiger partial charge in [-0.05, 0) is 23.6 Å². The van der Waals surface area contributed by atoms with E-state index < -0.39 is 39.0 Å². The number of hydrogen-bond acceptors (Lipinski definition) is 6. The first-order valence-corrected chi connectivity index (χ1v) is 9.51. The lowest BCUT2D eigenvalue weighted by Gasteiger charge is -2.19. The van der Waals surface area contributed by atoms with E-state index >= 15 is 0 Å². The van der Waals surface area contributed by atoms with Crippen LogP contribution in [0.15, 0.2) is 30.5 Å². The third kappa shape index (κ3) is 3.95. The standard InChI is InChI=1S/C14H15ClNO7PS/c15-8-2-1-7-3-4-16(14(25)9(7)5-8)13-12(18)11(17)10(23-13)6-22-24(19,20)21/h1-5,10-13,17-18H,6H2,(H2,19,20,21)/t10-,11+,12-,13-/m1/s1. The molecule has 1 aromatic carbocycles. The quantitative estimate of drug-likeness (QED) is 0.447. The predicted octanol–water partition coefficient (Wildman–Crippen LogP) is 1.75. The van der Waals surface area contributed by atoms with Gasteiger partial charge in [0, 0.05) is 16.6 Å². The molecule has 0 saturated carbocycles. The molecule has 0 unspecified atom stereocenters. The van der Waals surface area contributed by atoms with Crippen molar-refractivity contribution >= 4 is 42.4 Å². The molecular weight excluding hydrogens is 393 g/mol. The van der Waals surface area contributed by atoms with Gasteiger partial charge >= 0.3 is 7.82 Å². The van der Waals surface area contributed by atoms with Gasteiger partial charge in [-0.2, -0.15) is 0 Å². The molecule has 11 heteroatoms. The Morgan fingerprint density at radius 1 is 1.28 bits per heavy atom. The van der Waals surface area contributed by atoms with Crippen LogP contribution in [0, 0.1) is 4.64 Å². The summed E-state index contributed by atoms with van der Waals surface area (Å²) in [4.78, 5) is 17.5. The number of aromatic nitrogens is 1. The number of halogens is 1. The maximum Gasteiger partial charge on any atom is 0.469 e. The summed E-state index contributed by atoms with van der Waals surface area (Å²) in [6.07, 6.45) is -3.30. The Bertz CT molecular complexity index is 900. The predicted molar refractivity (Wildman–Crippen MR) is 91.7 cm³/mol. The molecule has 3 rings (SSSR count). The highest BCUT2D eigenvalue weighted by Crippen LogP contribution is 2.38. The van der Waals surface area contributed by atoms with Crippen LogP contribution in [0.25, 0.3) is 10.8 Å². The van der Waals surface area contributed by atoms with Crippen molar-refractivity contribution in [2.24, 2.45) is 0 Å². The first kappa shape index (κ1) is 18.9. The first-order valence-electron chi connectivity index (χ1n) is 7.19. The number of fused-ring (bicyclic) bond motifs is 1. The van der Waals surface area contributed by atoms with Gasteiger partial charge in [0.25, 0.3) is 0 Å². The number of ether oxygens (including phenoxy) is 1. The third-order valence-corrected chi connectivity index (χ3v) is 5.06. The van der Waals surface area contributed by atoms with Gasteiger partial charge in [0.15, 0.2) is 6.23 Å². The highest BCUT2D eigenvalue weighted by Gasteiger charge is 2.44. The van der Waals surface area contributed by atoms with E-state index in [-0.39, 0.29) is 0 Å². The smallest absolute Gasteiger partial charge is 0.387 e. The van der Waals surface area contributed by atoms with Crippen molar-refractivity contribution in [2.75, 3.05) is 6.61 Å². The number of rotatable bonds is 4. The molecule has 1 aliphatic heterocycles. The zero-order valence-corrected chi connectivity index (χ0v) is 15.1. The van der Waals surface area contributed by atoms with Crippen LogP contribution in [0.1, 0.15) is 6.23 Å². The second kappa shape index (κ2) is 7.03. The summed E-state index contributed by atoms with van der Waals surface area (Å²) in [6, 6.07) is 6.96. The van der Waals surface area contributed by atoms with Crippen molar-refractivity contribution in [3.63, 3.8) is 0 Å². The Kier molecular flexibility index (Phi) is 5.32. The molecule has 0 amide bonds. The number of aliphatic hydroxyl groups excluding tert-OH is 2. The molecule has 4 N–H and O–H groups in total. The van der Waals surface area contributed by atoms with Crippen LogP contribution in [0.2, 0.25) is 5.02 Å². The molecule has 1 aliphatic rings. The molecule has 8 nitrogen and oxygen atoms in total. The number of benzene rings is 1. The Balaban J connectivity index is 1.91. The number of pyridine rings is 1. The summed E-state index contributed by atoms with van der Waals surface area (Å²) in [5, 5.41) is 22.3. The second-order valence-electron chi connectivity index (χ2n) is 5.59. The van der Waals surface area contributed by atoms with Crippen molar-refractivity contribution < 1.29 is 33.8 Å². The van der Waals surface area contributed by atoms with Gasteiger partial charge in [-0.25, -0.2) is 4.57 Å². The van der Waals surface area contributed by atoms with E-state index in [1.54, 1.807) is 30.5 Å². The van der Waals surface area contributed by atoms with Crippen LogP contribution >= 0.6 is 31.6 Å². The van der Waals surface area contributed by atoms with E-state index in [1.807, 2.05) is 0 Å². The molecule has 1 aromatic heterocycles. The fourth-order valence-corrected chi connectivity index (χ4v) is 3.55. The monoisotopic (exact) mass is 407 g/mol. The summed E-state index contributed by atoms with van der Waals surface area (Å²) in [6.45, 7) is -0.578. The Labute approximate surface area is 152 Å². The van der Waals surface area contributed by atoms with Gasteiger partial charge in [-0.3, -0.25) is 4.52 Å². The molecule has 0 radical (unpaired) electrons. The molecule has 1 fully saturated rings. The van der Waals surface area contributed by atoms with Gasteiger partial charge < -0.3 is 29.3 Å². The maximum atomic E-state index is 10.8. The molecule has 136 valence electrons. The number of phosphoric ester groups is 1. The van der Waals surface area contributed by atoms with Crippen LogP contribution < -0.4 is 0 Å². The summed E-state index contributed by atoms with van der Waals surface area (Å²) < 4.78 is 22.5. The van der Waals surface area contributed by atoms with Crippen LogP contribution in [0.3, 0.4) is 0 Å². The van der Waals surface area contributed by atoms with E-state index in [4.69, 9.17) is 38.3 Å². The average Bonchev–Trinajstić information content (AvgIpc) is 2.81. The fraction of sp³-hybridized carbons (Fsp3) is 0.357. The van der Waals surface area contributed by atoms with Gasteiger partial charge in [-0.15, -0.1) is 0 Å². The third-order valence-electron chi connectivity index (χ3n) is 3.91. The van der Waals surface area contributed by atoms with Crippen molar-refractivity contribution in [3.8, 4) is 0 Å². The normalized spacial score (nSPS) is 27.1. The Morgan fingerprint density at radius 3 is 2.68 bits per heavy atom. The summed E-state index contributed by atoms with van der Waals surface area (Å²) in [5.74, 6) is 0. The van der Waals surface area contributed by atoms with E-state index in [1.165, 1.54) is 4.57 Å². The number of aliphatic hydroxyl groups is 2. The molecule has 2 aromatic rings. The zero-order valence-electron chi connectivity index (χ0n) is 12.6. The number of nitrogens with zero attached hydrogens (tertiary/aromatic N) is 1. The van der Waals surface area contributed by atoms with Crippen molar-refractivity contribution in [1.82, 2.24) is 4.57 Å². The number of phosphoric acid groups is 1. The summed E-state index contributed by atoms with van der Waals surface area (Å²) >= 11 is 11.4. The van der Waals surface area contributed by atoms with E-state index in [9.17, 15) is 14.8 Å². The van der Waals surface area contributed by atoms with E-state index in [2.05, 4.69) is 4.52 Å². The minimum Gasteiger partial charge on any atom is -0.387 e. The van der Waals surface area contributed by atoms with Crippen LogP contribution in [-0.2, 0) is 13.8 Å². The molecule has 2 heterocycles. The second-order valence-corrected chi connectivity index (χ2v) is 7.65. The van der Waals surface area contributed by atoms with Crippen molar-refractivity contribution in [1.29, 1.82) is 0 Å². The molecule has 1 saturated heterocycles. The Hall–Kier alpha value is -0.870. The minimum absolute atomic E-state index is 0.341. The van der Waals surface area contributed by atoms with Gasteiger partial charge in [0.2, 0.25) is 0 Å². The largest absolute Gasteiger partial charge is 0.469 e. The molecule has 4 atom stereocenters. The lowest BCUT2D eigenvalue weighted by molar-refractivity contribution is -0.0526. The summed E-state index contributed by atoms with van der Waals surface area (Å²) in [7, 11) is -4.72. The van der Waals surface area contributed by atoms with E-state index in [0.717, 1.165) is 5.39 Å². The van der Waals surface area contributed by atoms with Crippen LogP contribution in [0.5, 0.6) is 0 Å². The lowest BCUT2D eigenvalue weighted by atomic mass is 10.1. The van der Waals surface area contributed by atoms with Gasteiger partial charge in [0.1, 0.15) is 23.0 Å². The SMILES string of the molecule is O=P(O)(O)OC[C@H]1O[C@@H](n2ccc3ccc(Cl)cc3c2=S)[C@H](O)[C@H]1O. The fourth-order valence-electron chi connectivity index (χ4n) is 2.69. The summed E-state index contributed by atoms with van der Waals surface area (Å²) in [5.41, 5.74) is 0. The zero-order chi connectivity index (χ0) is 18.4. The van der Waals surface area contributed by atoms with Crippen molar-refractivity contribution in [2.45, 2.75) is 24.5 Å². The molecule has 25 heavy (non-hydrogen) atoms. The maximum absolute atomic E-state index is 10.8. The highest BCUT2D eigenvalue weighted by molar-refractivity contribution is 7.71. The molecular formula is C14H15ClNO7PS. The number of hydrogen-bond donors (Lipinski definition) is 4. The Morgan fingerprint density at radius 2 is 2.00 bits per heavy atom. The molecule has 0 aliphatic carbocycles.